The molecule has 180 valence electrons. The zero-order valence-electron chi connectivity index (χ0n) is 18.7. The number of halogens is 4. The first-order valence-corrected chi connectivity index (χ1v) is 10.6. The third-order valence-electron chi connectivity index (χ3n) is 5.30. The van der Waals surface area contributed by atoms with E-state index < -0.39 is 24.0 Å². The minimum absolute atomic E-state index is 0. The minimum atomic E-state index is -4.85. The number of piperidine rings is 1. The summed E-state index contributed by atoms with van der Waals surface area (Å²) >= 11 is 0. The second-order valence-electron chi connectivity index (χ2n) is 8.34. The van der Waals surface area contributed by atoms with Crippen LogP contribution in [0.1, 0.15) is 45.9 Å². The zero-order chi connectivity index (χ0) is 22.4. The van der Waals surface area contributed by atoms with Crippen LogP contribution in [0.4, 0.5) is 13.2 Å². The van der Waals surface area contributed by atoms with Crippen molar-refractivity contribution in [2.24, 2.45) is 18.0 Å². The second-order valence-corrected chi connectivity index (χ2v) is 8.34. The third kappa shape index (κ3) is 7.77. The van der Waals surface area contributed by atoms with E-state index in [1.165, 1.54) is 24.0 Å². The lowest BCUT2D eigenvalue weighted by Gasteiger charge is -2.34. The van der Waals surface area contributed by atoms with Gasteiger partial charge in [-0.3, -0.25) is 4.99 Å². The number of imidazole rings is 1. The lowest BCUT2D eigenvalue weighted by Crippen LogP contribution is -2.49. The highest BCUT2D eigenvalue weighted by atomic mass is 127. The first kappa shape index (κ1) is 28.0. The zero-order valence-corrected chi connectivity index (χ0v) is 21.1. The fourth-order valence-corrected chi connectivity index (χ4v) is 3.76. The summed E-state index contributed by atoms with van der Waals surface area (Å²) in [6, 6.07) is 0.224. The Morgan fingerprint density at radius 2 is 1.97 bits per heavy atom. The molecule has 0 saturated carbocycles. The molecule has 0 spiro atoms. The highest BCUT2D eigenvalue weighted by Gasteiger charge is 2.57. The van der Waals surface area contributed by atoms with Crippen LogP contribution in [0, 0.1) is 5.92 Å². The lowest BCUT2D eigenvalue weighted by molar-refractivity contribution is -0.272. The number of aliphatic hydroxyl groups is 1. The van der Waals surface area contributed by atoms with Gasteiger partial charge in [0.1, 0.15) is 5.82 Å². The van der Waals surface area contributed by atoms with Crippen molar-refractivity contribution in [2.45, 2.75) is 57.9 Å². The van der Waals surface area contributed by atoms with Crippen LogP contribution < -0.4 is 10.6 Å². The molecule has 2 heterocycles. The van der Waals surface area contributed by atoms with Crippen LogP contribution in [-0.4, -0.2) is 70.5 Å². The van der Waals surface area contributed by atoms with Crippen LogP contribution in [0.15, 0.2) is 17.4 Å². The van der Waals surface area contributed by atoms with Crippen LogP contribution in [0.3, 0.4) is 0 Å². The first-order valence-electron chi connectivity index (χ1n) is 10.6. The van der Waals surface area contributed by atoms with E-state index in [1.807, 2.05) is 6.92 Å². The molecule has 0 amide bonds. The molecule has 1 atom stereocenters. The van der Waals surface area contributed by atoms with Gasteiger partial charge in [-0.25, -0.2) is 4.98 Å². The Morgan fingerprint density at radius 3 is 2.45 bits per heavy atom. The summed E-state index contributed by atoms with van der Waals surface area (Å²) in [6.45, 7) is 9.77. The summed E-state index contributed by atoms with van der Waals surface area (Å²) in [6.07, 6.45) is -0.922. The van der Waals surface area contributed by atoms with Crippen molar-refractivity contribution >= 4 is 29.9 Å². The molecule has 11 heteroatoms. The van der Waals surface area contributed by atoms with Gasteiger partial charge in [0, 0.05) is 64.6 Å². The second kappa shape index (κ2) is 12.2. The van der Waals surface area contributed by atoms with Gasteiger partial charge in [0.2, 0.25) is 5.60 Å². The number of nitrogens with zero attached hydrogens (tertiary/aromatic N) is 4. The van der Waals surface area contributed by atoms with E-state index in [1.54, 1.807) is 0 Å². The number of likely N-dealkylation sites (tertiary alicyclic amines) is 1. The molecule has 1 fully saturated rings. The van der Waals surface area contributed by atoms with E-state index in [-0.39, 0.29) is 36.6 Å². The quantitative estimate of drug-likeness (QED) is 0.259. The number of guanidine groups is 1. The molecule has 0 aliphatic carbocycles. The SMILES string of the molecule is CCNC(=NCCC(O)(c1nccn1C)C(F)(F)F)NC1CCN(CC(C)C)CC1.I. The van der Waals surface area contributed by atoms with Gasteiger partial charge >= 0.3 is 6.18 Å². The van der Waals surface area contributed by atoms with Crippen molar-refractivity contribution < 1.29 is 18.3 Å². The molecule has 1 aliphatic heterocycles. The Morgan fingerprint density at radius 1 is 1.32 bits per heavy atom. The van der Waals surface area contributed by atoms with Crippen LogP contribution in [0.5, 0.6) is 0 Å². The Bertz CT molecular complexity index is 689. The third-order valence-corrected chi connectivity index (χ3v) is 5.30. The minimum Gasteiger partial charge on any atom is -0.374 e. The van der Waals surface area contributed by atoms with Gasteiger partial charge in [0.25, 0.3) is 0 Å². The number of alkyl halides is 3. The maximum Gasteiger partial charge on any atom is 0.424 e. The Kier molecular flexibility index (Phi) is 11.0. The average Bonchev–Trinajstić information content (AvgIpc) is 3.08. The Balaban J connectivity index is 0.00000480. The highest BCUT2D eigenvalue weighted by molar-refractivity contribution is 14.0. The maximum absolute atomic E-state index is 13.6. The first-order chi connectivity index (χ1) is 14.1. The molecule has 0 bridgehead atoms. The van der Waals surface area contributed by atoms with Crippen LogP contribution in [0.25, 0.3) is 0 Å². The van der Waals surface area contributed by atoms with Crippen LogP contribution >= 0.6 is 24.0 Å². The molecule has 2 rings (SSSR count). The van der Waals surface area contributed by atoms with Crippen molar-refractivity contribution in [2.75, 3.05) is 32.7 Å². The van der Waals surface area contributed by atoms with Gasteiger partial charge in [-0.1, -0.05) is 13.8 Å². The van der Waals surface area contributed by atoms with Crippen molar-refractivity contribution in [3.63, 3.8) is 0 Å². The van der Waals surface area contributed by atoms with E-state index in [4.69, 9.17) is 0 Å². The van der Waals surface area contributed by atoms with Gasteiger partial charge in [-0.2, -0.15) is 13.2 Å². The smallest absolute Gasteiger partial charge is 0.374 e. The van der Waals surface area contributed by atoms with Crippen molar-refractivity contribution in [3.8, 4) is 0 Å². The van der Waals surface area contributed by atoms with E-state index >= 15 is 0 Å². The predicted molar refractivity (Wildman–Crippen MR) is 127 cm³/mol. The fourth-order valence-electron chi connectivity index (χ4n) is 3.76. The molecule has 31 heavy (non-hydrogen) atoms. The van der Waals surface area contributed by atoms with E-state index in [2.05, 4.69) is 39.4 Å². The van der Waals surface area contributed by atoms with Gasteiger partial charge in [-0.15, -0.1) is 24.0 Å². The van der Waals surface area contributed by atoms with Crippen molar-refractivity contribution in [1.82, 2.24) is 25.1 Å². The molecule has 1 aromatic rings. The summed E-state index contributed by atoms with van der Waals surface area (Å²) in [5.74, 6) is 0.671. The summed E-state index contributed by atoms with van der Waals surface area (Å²) in [5, 5.41) is 16.8. The summed E-state index contributed by atoms with van der Waals surface area (Å²) in [5.41, 5.74) is -3.05. The molecule has 1 aliphatic rings. The van der Waals surface area contributed by atoms with Gasteiger partial charge in [0.15, 0.2) is 5.96 Å². The topological polar surface area (TPSA) is 77.7 Å². The van der Waals surface area contributed by atoms with E-state index in [0.29, 0.717) is 18.4 Å². The normalized spacial score (nSPS) is 18.5. The number of rotatable bonds is 8. The molecule has 1 unspecified atom stereocenters. The van der Waals surface area contributed by atoms with Crippen LogP contribution in [-0.2, 0) is 12.6 Å². The van der Waals surface area contributed by atoms with Crippen LogP contribution in [0.2, 0.25) is 0 Å². The Labute approximate surface area is 199 Å². The monoisotopic (exact) mass is 560 g/mol. The summed E-state index contributed by atoms with van der Waals surface area (Å²) in [7, 11) is 1.43. The highest BCUT2D eigenvalue weighted by Crippen LogP contribution is 2.40. The number of nitrogens with one attached hydrogen (secondary N) is 2. The number of hydrogen-bond donors (Lipinski definition) is 3. The maximum atomic E-state index is 13.6. The molecule has 7 nitrogen and oxygen atoms in total. The number of aryl methyl sites for hydroxylation is 1. The van der Waals surface area contributed by atoms with Crippen molar-refractivity contribution in [1.29, 1.82) is 0 Å². The summed E-state index contributed by atoms with van der Waals surface area (Å²) < 4.78 is 42.1. The van der Waals surface area contributed by atoms with E-state index in [9.17, 15) is 18.3 Å². The molecular formula is C20H36F3IN6O. The fraction of sp³-hybridized carbons (Fsp3) is 0.800. The van der Waals surface area contributed by atoms with Crippen molar-refractivity contribution in [3.05, 3.63) is 18.2 Å². The summed E-state index contributed by atoms with van der Waals surface area (Å²) in [4.78, 5) is 10.4. The number of aromatic nitrogens is 2. The molecule has 0 aromatic carbocycles. The van der Waals surface area contributed by atoms with E-state index in [0.717, 1.165) is 32.5 Å². The molecule has 0 radical (unpaired) electrons. The van der Waals surface area contributed by atoms with Gasteiger partial charge in [0.05, 0.1) is 0 Å². The van der Waals surface area contributed by atoms with Gasteiger partial charge < -0.3 is 25.2 Å². The molecule has 3 N–H and O–H groups in total. The molecule has 1 aromatic heterocycles. The predicted octanol–water partition coefficient (Wildman–Crippen LogP) is 2.85. The number of hydrogen-bond acceptors (Lipinski definition) is 4. The largest absolute Gasteiger partial charge is 0.424 e. The standard InChI is InChI=1S/C20H35F3N6O.HI/c1-5-24-18(27-16-6-11-29(12-7-16)14-15(2)3)26-9-8-19(30,20(21,22)23)17-25-10-13-28(17)4;/h10,13,15-16,30H,5-9,11-12,14H2,1-4H3,(H2,24,26,27);1H. The molecule has 1 saturated heterocycles. The average molecular weight is 560 g/mol. The van der Waals surface area contributed by atoms with Gasteiger partial charge in [-0.05, 0) is 25.7 Å². The Hall–Kier alpha value is -1.08. The number of aliphatic imine (C=N–C) groups is 1. The molecular weight excluding hydrogens is 524 g/mol. The lowest BCUT2D eigenvalue weighted by atomic mass is 9.98.